The summed E-state index contributed by atoms with van der Waals surface area (Å²) < 4.78 is 15.3. The van der Waals surface area contributed by atoms with Gasteiger partial charge in [-0.05, 0) is 35.9 Å². The van der Waals surface area contributed by atoms with E-state index in [1.165, 1.54) is 26.2 Å². The molecule has 5 nitrogen and oxygen atoms in total. The molecule has 2 aromatic rings. The quantitative estimate of drug-likeness (QED) is 0.352. The van der Waals surface area contributed by atoms with Crippen LogP contribution in [-0.4, -0.2) is 26.0 Å². The molecular formula is C19H18O5. The van der Waals surface area contributed by atoms with Crippen molar-refractivity contribution in [2.45, 2.75) is 6.92 Å². The molecule has 0 saturated heterocycles. The van der Waals surface area contributed by atoms with Crippen molar-refractivity contribution in [2.24, 2.45) is 0 Å². The van der Waals surface area contributed by atoms with Crippen LogP contribution in [-0.2, 0) is 4.79 Å². The second-order valence-corrected chi connectivity index (χ2v) is 4.93. The highest BCUT2D eigenvalue weighted by Crippen LogP contribution is 2.26. The van der Waals surface area contributed by atoms with E-state index >= 15 is 0 Å². The Balaban J connectivity index is 2.24. The summed E-state index contributed by atoms with van der Waals surface area (Å²) in [5, 5.41) is 0. The van der Waals surface area contributed by atoms with Crippen molar-refractivity contribution in [3.05, 3.63) is 59.7 Å². The fourth-order valence-electron chi connectivity index (χ4n) is 2.05. The van der Waals surface area contributed by atoms with Gasteiger partial charge in [-0.3, -0.25) is 9.59 Å². The van der Waals surface area contributed by atoms with E-state index in [1.807, 2.05) is 24.3 Å². The van der Waals surface area contributed by atoms with Crippen LogP contribution in [0.25, 0.3) is 6.08 Å². The molecule has 0 aliphatic heterocycles. The predicted octanol–water partition coefficient (Wildman–Crippen LogP) is 3.53. The molecule has 0 amide bonds. The summed E-state index contributed by atoms with van der Waals surface area (Å²) in [6, 6.07) is 12.0. The Morgan fingerprint density at radius 1 is 0.917 bits per heavy atom. The minimum absolute atomic E-state index is 0.172. The van der Waals surface area contributed by atoms with Gasteiger partial charge in [-0.15, -0.1) is 0 Å². The molecule has 0 heterocycles. The van der Waals surface area contributed by atoms with Gasteiger partial charge in [-0.1, -0.05) is 18.2 Å². The smallest absolute Gasteiger partial charge is 0.308 e. The number of hydrogen-bond donors (Lipinski definition) is 0. The van der Waals surface area contributed by atoms with E-state index in [2.05, 4.69) is 0 Å². The SMILES string of the molecule is COc1ccc(/C=C/C(=O)c2ccc(OC)cc2OC(C)=O)cc1. The van der Waals surface area contributed by atoms with Crippen LogP contribution in [0.4, 0.5) is 0 Å². The minimum atomic E-state index is -0.503. The van der Waals surface area contributed by atoms with E-state index in [0.29, 0.717) is 5.75 Å². The van der Waals surface area contributed by atoms with Crippen molar-refractivity contribution in [1.29, 1.82) is 0 Å². The number of ketones is 1. The van der Waals surface area contributed by atoms with Crippen molar-refractivity contribution < 1.29 is 23.8 Å². The first kappa shape index (κ1) is 17.3. The Bertz CT molecular complexity index is 760. The molecule has 2 rings (SSSR count). The average molecular weight is 326 g/mol. The van der Waals surface area contributed by atoms with Crippen molar-refractivity contribution in [2.75, 3.05) is 14.2 Å². The first-order chi connectivity index (χ1) is 11.5. The lowest BCUT2D eigenvalue weighted by Gasteiger charge is -2.08. The highest BCUT2D eigenvalue weighted by Gasteiger charge is 2.13. The van der Waals surface area contributed by atoms with E-state index in [0.717, 1.165) is 11.3 Å². The molecule has 0 fully saturated rings. The summed E-state index contributed by atoms with van der Waals surface area (Å²) in [4.78, 5) is 23.6. The number of methoxy groups -OCH3 is 2. The van der Waals surface area contributed by atoms with E-state index in [1.54, 1.807) is 25.3 Å². The summed E-state index contributed by atoms with van der Waals surface area (Å²) in [5.41, 5.74) is 1.14. The number of ether oxygens (including phenoxy) is 3. The van der Waals surface area contributed by atoms with Crippen LogP contribution >= 0.6 is 0 Å². The number of rotatable bonds is 6. The van der Waals surface area contributed by atoms with Gasteiger partial charge in [-0.25, -0.2) is 0 Å². The highest BCUT2D eigenvalue weighted by atomic mass is 16.5. The zero-order chi connectivity index (χ0) is 17.5. The zero-order valence-corrected chi connectivity index (χ0v) is 13.7. The fourth-order valence-corrected chi connectivity index (χ4v) is 2.05. The van der Waals surface area contributed by atoms with E-state index in [9.17, 15) is 9.59 Å². The number of carbonyl (C=O) groups is 2. The maximum Gasteiger partial charge on any atom is 0.308 e. The van der Waals surface area contributed by atoms with Gasteiger partial charge in [0.1, 0.15) is 17.2 Å². The highest BCUT2D eigenvalue weighted by molar-refractivity contribution is 6.09. The maximum atomic E-state index is 12.4. The van der Waals surface area contributed by atoms with Gasteiger partial charge in [0.25, 0.3) is 0 Å². The molecule has 0 saturated carbocycles. The van der Waals surface area contributed by atoms with Gasteiger partial charge in [0.05, 0.1) is 19.8 Å². The van der Waals surface area contributed by atoms with Crippen molar-refractivity contribution in [3.63, 3.8) is 0 Å². The molecule has 0 N–H and O–H groups in total. The number of benzene rings is 2. The topological polar surface area (TPSA) is 61.8 Å². The number of esters is 1. The van der Waals surface area contributed by atoms with Gasteiger partial charge >= 0.3 is 5.97 Å². The van der Waals surface area contributed by atoms with Crippen molar-refractivity contribution in [3.8, 4) is 17.2 Å². The third-order valence-electron chi connectivity index (χ3n) is 3.25. The largest absolute Gasteiger partial charge is 0.497 e. The minimum Gasteiger partial charge on any atom is -0.497 e. The Kier molecular flexibility index (Phi) is 5.73. The maximum absolute atomic E-state index is 12.4. The second kappa shape index (κ2) is 7.97. The second-order valence-electron chi connectivity index (χ2n) is 4.93. The number of carbonyl (C=O) groups excluding carboxylic acids is 2. The Morgan fingerprint density at radius 2 is 1.54 bits per heavy atom. The van der Waals surface area contributed by atoms with Gasteiger partial charge in [0, 0.05) is 13.0 Å². The Labute approximate surface area is 140 Å². The Hall–Kier alpha value is -3.08. The lowest BCUT2D eigenvalue weighted by atomic mass is 10.1. The average Bonchev–Trinajstić information content (AvgIpc) is 2.59. The molecule has 124 valence electrons. The molecule has 5 heteroatoms. The standard InChI is InChI=1S/C19H18O5/c1-13(20)24-19-12-16(23-3)9-10-17(19)18(21)11-6-14-4-7-15(22-2)8-5-14/h4-12H,1-3H3/b11-6+. The third kappa shape index (κ3) is 4.46. The lowest BCUT2D eigenvalue weighted by Crippen LogP contribution is -2.07. The molecule has 2 aromatic carbocycles. The predicted molar refractivity (Wildman–Crippen MR) is 90.7 cm³/mol. The molecule has 0 spiro atoms. The molecule has 24 heavy (non-hydrogen) atoms. The third-order valence-corrected chi connectivity index (χ3v) is 3.25. The van der Waals surface area contributed by atoms with Crippen LogP contribution < -0.4 is 14.2 Å². The number of hydrogen-bond acceptors (Lipinski definition) is 5. The molecular weight excluding hydrogens is 308 g/mol. The molecule has 0 atom stereocenters. The molecule has 0 aromatic heterocycles. The van der Waals surface area contributed by atoms with Gasteiger partial charge < -0.3 is 14.2 Å². The van der Waals surface area contributed by atoms with Crippen LogP contribution in [0.15, 0.2) is 48.5 Å². The molecule has 0 bridgehead atoms. The number of allylic oxidation sites excluding steroid dienone is 1. The van der Waals surface area contributed by atoms with E-state index in [-0.39, 0.29) is 17.1 Å². The lowest BCUT2D eigenvalue weighted by molar-refractivity contribution is -0.131. The normalized spacial score (nSPS) is 10.5. The van der Waals surface area contributed by atoms with Crippen LogP contribution in [0, 0.1) is 0 Å². The molecule has 0 aliphatic carbocycles. The zero-order valence-electron chi connectivity index (χ0n) is 13.7. The first-order valence-corrected chi connectivity index (χ1v) is 7.26. The monoisotopic (exact) mass is 326 g/mol. The fraction of sp³-hybridized carbons (Fsp3) is 0.158. The van der Waals surface area contributed by atoms with Crippen LogP contribution in [0.2, 0.25) is 0 Å². The summed E-state index contributed by atoms with van der Waals surface area (Å²) in [5.74, 6) is 0.639. The van der Waals surface area contributed by atoms with Crippen LogP contribution in [0.1, 0.15) is 22.8 Å². The summed E-state index contributed by atoms with van der Waals surface area (Å²) in [6.07, 6.45) is 3.11. The van der Waals surface area contributed by atoms with Gasteiger partial charge in [0.2, 0.25) is 0 Å². The summed E-state index contributed by atoms with van der Waals surface area (Å²) in [7, 11) is 3.09. The summed E-state index contributed by atoms with van der Waals surface area (Å²) >= 11 is 0. The van der Waals surface area contributed by atoms with Crippen molar-refractivity contribution >= 4 is 17.8 Å². The molecule has 0 aliphatic rings. The van der Waals surface area contributed by atoms with Crippen LogP contribution in [0.3, 0.4) is 0 Å². The Morgan fingerprint density at radius 3 is 2.12 bits per heavy atom. The van der Waals surface area contributed by atoms with E-state index < -0.39 is 5.97 Å². The van der Waals surface area contributed by atoms with Gasteiger partial charge in [-0.2, -0.15) is 0 Å². The molecule has 0 radical (unpaired) electrons. The first-order valence-electron chi connectivity index (χ1n) is 7.26. The van der Waals surface area contributed by atoms with Crippen molar-refractivity contribution in [1.82, 2.24) is 0 Å². The molecule has 0 unspecified atom stereocenters. The van der Waals surface area contributed by atoms with Crippen LogP contribution in [0.5, 0.6) is 17.2 Å². The van der Waals surface area contributed by atoms with Gasteiger partial charge in [0.15, 0.2) is 5.78 Å². The van der Waals surface area contributed by atoms with E-state index in [4.69, 9.17) is 14.2 Å². The summed E-state index contributed by atoms with van der Waals surface area (Å²) in [6.45, 7) is 1.28.